The summed E-state index contributed by atoms with van der Waals surface area (Å²) in [5.41, 5.74) is 5.72. The summed E-state index contributed by atoms with van der Waals surface area (Å²) >= 11 is 0. The van der Waals surface area contributed by atoms with Gasteiger partial charge in [0.1, 0.15) is 47.2 Å². The predicted molar refractivity (Wildman–Crippen MR) is 304 cm³/mol. The number of allylic oxidation sites excluding steroid dienone is 2. The number of rotatable bonds is 14. The van der Waals surface area contributed by atoms with Crippen LogP contribution >= 0.6 is 0 Å². The summed E-state index contributed by atoms with van der Waals surface area (Å²) in [5, 5.41) is 86.6. The molecule has 0 atom stereocenters. The van der Waals surface area contributed by atoms with Crippen molar-refractivity contribution in [3.8, 4) is 29.3 Å². The molecule has 423 valence electrons. The van der Waals surface area contributed by atoms with Crippen LogP contribution in [0.2, 0.25) is 0 Å². The van der Waals surface area contributed by atoms with Crippen LogP contribution in [0, 0.1) is 52.0 Å². The number of unbranched alkanes of at least 4 members (excludes halogenated alkanes) is 2. The number of nitrogens with zero attached hydrogens (tertiary/aromatic N) is 12. The molecule has 0 aliphatic carbocycles. The molecular weight excluding hydrogens is 1080 g/mol. The summed E-state index contributed by atoms with van der Waals surface area (Å²) in [6, 6.07) is 25.9. The third-order valence-electron chi connectivity index (χ3n) is 14.2. The monoisotopic (exact) mass is 1150 g/mol. The van der Waals surface area contributed by atoms with Crippen LogP contribution in [0.5, 0.6) is 23.3 Å². The van der Waals surface area contributed by atoms with Crippen molar-refractivity contribution >= 4 is 56.9 Å². The zero-order valence-corrected chi connectivity index (χ0v) is 47.6. The van der Waals surface area contributed by atoms with Crippen molar-refractivity contribution < 1.29 is 51.6 Å². The minimum Gasteiger partial charge on any atom is -0.506 e. The van der Waals surface area contributed by atoms with Gasteiger partial charge in [0.15, 0.2) is 11.4 Å². The van der Waals surface area contributed by atoms with Crippen molar-refractivity contribution in [2.45, 2.75) is 112 Å². The molecule has 0 saturated carbocycles. The fourth-order valence-corrected chi connectivity index (χ4v) is 9.60. The smallest absolute Gasteiger partial charge is 0.271 e. The number of anilines is 1. The van der Waals surface area contributed by atoms with Crippen LogP contribution in [-0.4, -0.2) is 63.3 Å². The van der Waals surface area contributed by atoms with Crippen molar-refractivity contribution in [3.63, 3.8) is 0 Å². The Bertz CT molecular complexity index is 3610. The molecule has 2 aliphatic rings. The molecule has 1 radical (unpaired) electrons. The van der Waals surface area contributed by atoms with Gasteiger partial charge in [-0.25, -0.2) is 4.85 Å². The standard InChI is InChI=1S/C24H29N2.2C17H17N5O5.Co/c1-7-26-20-15-11-9-13-18(20)24(4,5)22(26)16-21-23(2,3)17-12-8-10-14-19(17)25(21)6;1-4-5-8-21-16(24)14(18-3)10(2)15(17(21)25)20-19-12-9-11(22(26)27)6-7-13(12)23;1-3-4-7-21-16(24)12(9-18)10(2)15(17(21)25)20-19-13-8-11(22(26)27)5-6-14(13)23;/h8-16H,7H2,1-6H3;6-7,9,23,25H,4-5,8H2,1-2H3;5-6,8,23,25H,3-4,7H2,1-2H3;/q+1;;;. The van der Waals surface area contributed by atoms with Gasteiger partial charge in [-0.1, -0.05) is 76.9 Å². The van der Waals surface area contributed by atoms with Gasteiger partial charge in [0.05, 0.1) is 21.8 Å². The Morgan fingerprint density at radius 2 is 1.20 bits per heavy atom. The van der Waals surface area contributed by atoms with Gasteiger partial charge in [-0.15, -0.1) is 20.5 Å². The summed E-state index contributed by atoms with van der Waals surface area (Å²) in [6.45, 7) is 26.9. The van der Waals surface area contributed by atoms with E-state index in [1.165, 1.54) is 47.8 Å². The number of azo groups is 2. The Morgan fingerprint density at radius 3 is 1.67 bits per heavy atom. The SMILES string of the molecule is CCCCn1c(O)c(N=Nc2cc([N+](=O)[O-])ccc2O)c(C)c(C#N)c1=O.CCN1C(=CC2=[N+](C)c3ccccc3C2(C)C)C(C)(C)c2ccccc21.[C-]#[N+]c1c(C)c(N=Nc2cc([N+](=O)[O-])ccc2O)c(O)n(CCCC)c1=O.[Co]. The van der Waals surface area contributed by atoms with E-state index in [9.17, 15) is 55.5 Å². The largest absolute Gasteiger partial charge is 0.506 e. The minimum atomic E-state index is -0.653. The number of nitriles is 1. The number of nitro benzene ring substituents is 2. The normalized spacial score (nSPS) is 14.1. The van der Waals surface area contributed by atoms with Gasteiger partial charge in [0, 0.05) is 101 Å². The maximum Gasteiger partial charge on any atom is 0.271 e. The van der Waals surface area contributed by atoms with Gasteiger partial charge in [-0.05, 0) is 76.8 Å². The van der Waals surface area contributed by atoms with E-state index in [-0.39, 0.29) is 109 Å². The number of hydrogen-bond donors (Lipinski definition) is 4. The molecule has 22 nitrogen and oxygen atoms in total. The second-order valence-corrected chi connectivity index (χ2v) is 19.9. The zero-order valence-electron chi connectivity index (χ0n) is 46.5. The maximum atomic E-state index is 12.3. The number of pyridine rings is 2. The molecule has 0 unspecified atom stereocenters. The van der Waals surface area contributed by atoms with E-state index in [0.29, 0.717) is 12.8 Å². The van der Waals surface area contributed by atoms with E-state index in [1.807, 2.05) is 13.8 Å². The number of benzene rings is 4. The van der Waals surface area contributed by atoms with E-state index in [2.05, 4.69) is 131 Å². The Hall–Kier alpha value is -9.32. The van der Waals surface area contributed by atoms with Crippen LogP contribution in [0.25, 0.3) is 4.85 Å². The van der Waals surface area contributed by atoms with Gasteiger partial charge < -0.3 is 25.3 Å². The third kappa shape index (κ3) is 12.6. The van der Waals surface area contributed by atoms with E-state index in [1.54, 1.807) is 6.07 Å². The Morgan fingerprint density at radius 1 is 0.716 bits per heavy atom. The molecule has 81 heavy (non-hydrogen) atoms. The fraction of sp³-hybridized carbons (Fsp3) is 0.328. The predicted octanol–water partition coefficient (Wildman–Crippen LogP) is 13.2. The molecule has 0 spiro atoms. The van der Waals surface area contributed by atoms with Crippen molar-refractivity contribution in [3.05, 3.63) is 177 Å². The van der Waals surface area contributed by atoms with Gasteiger partial charge in [-0.2, -0.15) is 9.84 Å². The quantitative estimate of drug-likeness (QED) is 0.0260. The summed E-state index contributed by atoms with van der Waals surface area (Å²) in [6.07, 6.45) is 5.19. The molecule has 4 heterocycles. The number of phenolic OH excluding ortho intramolecular Hbond substituents is 2. The van der Waals surface area contributed by atoms with Crippen molar-refractivity contribution in [2.24, 2.45) is 20.5 Å². The van der Waals surface area contributed by atoms with E-state index < -0.39 is 32.7 Å². The van der Waals surface area contributed by atoms with Gasteiger partial charge in [0.25, 0.3) is 28.2 Å². The number of non-ortho nitro benzene ring substituents is 2. The van der Waals surface area contributed by atoms with Crippen LogP contribution < -0.4 is 16.0 Å². The molecule has 4 aromatic carbocycles. The molecule has 0 amide bonds. The average molecular weight is 1150 g/mol. The summed E-state index contributed by atoms with van der Waals surface area (Å²) in [4.78, 5) is 50.8. The molecule has 2 aromatic heterocycles. The minimum absolute atomic E-state index is 0. The number of nitro groups is 2. The second-order valence-electron chi connectivity index (χ2n) is 19.9. The van der Waals surface area contributed by atoms with Gasteiger partial charge in [0.2, 0.25) is 17.4 Å². The molecule has 23 heteroatoms. The molecule has 0 bridgehead atoms. The third-order valence-corrected chi connectivity index (χ3v) is 14.2. The Balaban J connectivity index is 0.000000222. The molecule has 8 rings (SSSR count). The number of hydrogen-bond acceptors (Lipinski definition) is 16. The first-order valence-electron chi connectivity index (χ1n) is 25.7. The number of para-hydroxylation sites is 2. The van der Waals surface area contributed by atoms with Gasteiger partial charge in [-0.3, -0.25) is 39.0 Å². The Kier molecular flexibility index (Phi) is 20.1. The molecular formula is C58H63CoN12O10+. The van der Waals surface area contributed by atoms with Crippen molar-refractivity contribution in [2.75, 3.05) is 18.5 Å². The van der Waals surface area contributed by atoms with Crippen molar-refractivity contribution in [1.82, 2.24) is 9.13 Å². The number of aromatic nitrogens is 2. The van der Waals surface area contributed by atoms with E-state index in [4.69, 9.17) is 6.57 Å². The van der Waals surface area contributed by atoms with Crippen LogP contribution in [0.1, 0.15) is 102 Å². The summed E-state index contributed by atoms with van der Waals surface area (Å²) in [5.74, 6) is -1.60. The molecule has 0 fully saturated rings. The summed E-state index contributed by atoms with van der Waals surface area (Å²) in [7, 11) is 2.20. The van der Waals surface area contributed by atoms with Gasteiger partial charge >= 0.3 is 0 Å². The maximum absolute atomic E-state index is 12.3. The molecule has 0 saturated heterocycles. The van der Waals surface area contributed by atoms with Crippen LogP contribution in [0.3, 0.4) is 0 Å². The first kappa shape index (κ1) is 62.5. The number of fused-ring (bicyclic) bond motifs is 2. The second kappa shape index (κ2) is 26.1. The van der Waals surface area contributed by atoms with Crippen LogP contribution in [-0.2, 0) is 40.7 Å². The topological polar surface area (TPSA) is 295 Å². The molecule has 6 aromatic rings. The molecule has 4 N–H and O–H groups in total. The van der Waals surface area contributed by atoms with Crippen LogP contribution in [0.15, 0.2) is 127 Å². The number of aromatic hydroxyl groups is 4. The number of phenols is 2. The number of likely N-dealkylation sites (N-methyl/N-ethyl adjacent to an activating group) is 1. The first-order chi connectivity index (χ1) is 37.9. The average Bonchev–Trinajstić information content (AvgIpc) is 3.98. The van der Waals surface area contributed by atoms with Crippen molar-refractivity contribution in [1.29, 1.82) is 5.26 Å². The van der Waals surface area contributed by atoms with E-state index >= 15 is 0 Å². The summed E-state index contributed by atoms with van der Waals surface area (Å²) < 4.78 is 4.46. The first-order valence-corrected chi connectivity index (χ1v) is 25.7. The van der Waals surface area contributed by atoms with Crippen LogP contribution in [0.4, 0.5) is 51.2 Å². The Labute approximate surface area is 478 Å². The molecule has 2 aliphatic heterocycles. The van der Waals surface area contributed by atoms with E-state index in [0.717, 1.165) is 64.9 Å². The zero-order chi connectivity index (χ0) is 59.0. The fourth-order valence-electron chi connectivity index (χ4n) is 9.60.